The van der Waals surface area contributed by atoms with Crippen LogP contribution in [0.4, 0.5) is 0 Å². The average Bonchev–Trinajstić information content (AvgIpc) is 2.54. The second kappa shape index (κ2) is 7.67. The summed E-state index contributed by atoms with van der Waals surface area (Å²) >= 11 is 0. The molecule has 1 N–H and O–H groups in total. The van der Waals surface area contributed by atoms with Gasteiger partial charge in [-0.15, -0.1) is 0 Å². The minimum absolute atomic E-state index is 0.0113. The fourth-order valence-corrected chi connectivity index (χ4v) is 2.40. The molecule has 5 nitrogen and oxygen atoms in total. The van der Waals surface area contributed by atoms with E-state index < -0.39 is 6.04 Å². The Hall–Kier alpha value is -2.04. The Morgan fingerprint density at radius 1 is 1.19 bits per heavy atom. The molecule has 2 amide bonds. The topological polar surface area (TPSA) is 58.6 Å². The van der Waals surface area contributed by atoms with Crippen molar-refractivity contribution >= 4 is 11.8 Å². The van der Waals surface area contributed by atoms with Crippen LogP contribution in [0.15, 0.2) is 30.3 Å². The van der Waals surface area contributed by atoms with E-state index in [-0.39, 0.29) is 18.4 Å². The van der Waals surface area contributed by atoms with E-state index in [0.29, 0.717) is 5.75 Å². The Labute approximate surface area is 125 Å². The van der Waals surface area contributed by atoms with Gasteiger partial charge < -0.3 is 15.0 Å². The number of piperidine rings is 1. The highest BCUT2D eigenvalue weighted by Crippen LogP contribution is 2.10. The molecule has 1 saturated heterocycles. The van der Waals surface area contributed by atoms with E-state index in [4.69, 9.17) is 4.74 Å². The second-order valence-corrected chi connectivity index (χ2v) is 5.28. The van der Waals surface area contributed by atoms with Gasteiger partial charge in [-0.05, 0) is 38.3 Å². The first-order valence-corrected chi connectivity index (χ1v) is 7.43. The lowest BCUT2D eigenvalue weighted by atomic mass is 10.1. The number of nitrogens with one attached hydrogen (secondary N) is 1. The monoisotopic (exact) mass is 290 g/mol. The van der Waals surface area contributed by atoms with E-state index in [1.165, 1.54) is 6.42 Å². The standard InChI is InChI=1S/C16H22N2O3/c1-13(16(20)18-10-6-3-7-11-18)17-15(19)12-21-14-8-4-2-5-9-14/h2,4-5,8-9,13H,3,6-7,10-12H2,1H3,(H,17,19). The van der Waals surface area contributed by atoms with Crippen LogP contribution in [0.5, 0.6) is 5.75 Å². The van der Waals surface area contributed by atoms with Crippen LogP contribution < -0.4 is 10.1 Å². The fourth-order valence-electron chi connectivity index (χ4n) is 2.40. The number of carbonyl (C=O) groups is 2. The van der Waals surface area contributed by atoms with Crippen LogP contribution in [-0.2, 0) is 9.59 Å². The lowest BCUT2D eigenvalue weighted by Gasteiger charge is -2.29. The van der Waals surface area contributed by atoms with E-state index in [1.807, 2.05) is 23.1 Å². The Kier molecular flexibility index (Phi) is 5.60. The van der Waals surface area contributed by atoms with Gasteiger partial charge in [0.1, 0.15) is 11.8 Å². The Balaban J connectivity index is 1.74. The molecule has 21 heavy (non-hydrogen) atoms. The molecule has 1 heterocycles. The van der Waals surface area contributed by atoms with E-state index >= 15 is 0 Å². The number of hydrogen-bond donors (Lipinski definition) is 1. The molecule has 1 aromatic rings. The number of hydrogen-bond acceptors (Lipinski definition) is 3. The van der Waals surface area contributed by atoms with Crippen LogP contribution >= 0.6 is 0 Å². The first kappa shape index (κ1) is 15.4. The van der Waals surface area contributed by atoms with Gasteiger partial charge in [0.25, 0.3) is 5.91 Å². The number of likely N-dealkylation sites (tertiary alicyclic amines) is 1. The largest absolute Gasteiger partial charge is 0.484 e. The SMILES string of the molecule is CC(NC(=O)COc1ccccc1)C(=O)N1CCCCC1. The highest BCUT2D eigenvalue weighted by Gasteiger charge is 2.23. The quantitative estimate of drug-likeness (QED) is 0.895. The van der Waals surface area contributed by atoms with Crippen molar-refractivity contribution in [3.63, 3.8) is 0 Å². The summed E-state index contributed by atoms with van der Waals surface area (Å²) in [5.41, 5.74) is 0. The molecule has 0 radical (unpaired) electrons. The molecule has 1 aliphatic rings. The van der Waals surface area contributed by atoms with Crippen molar-refractivity contribution in [2.75, 3.05) is 19.7 Å². The van der Waals surface area contributed by atoms with Crippen molar-refractivity contribution in [3.05, 3.63) is 30.3 Å². The van der Waals surface area contributed by atoms with E-state index in [1.54, 1.807) is 19.1 Å². The summed E-state index contributed by atoms with van der Waals surface area (Å²) in [5, 5.41) is 2.69. The molecule has 0 aromatic heterocycles. The van der Waals surface area contributed by atoms with Crippen LogP contribution in [-0.4, -0.2) is 42.5 Å². The number of nitrogens with zero attached hydrogens (tertiary/aromatic N) is 1. The van der Waals surface area contributed by atoms with E-state index in [0.717, 1.165) is 25.9 Å². The van der Waals surface area contributed by atoms with Gasteiger partial charge in [0.15, 0.2) is 6.61 Å². The number of carbonyl (C=O) groups excluding carboxylic acids is 2. The molecule has 0 aliphatic carbocycles. The normalized spacial score (nSPS) is 16.1. The maximum Gasteiger partial charge on any atom is 0.258 e. The molecular formula is C16H22N2O3. The molecule has 1 fully saturated rings. The third kappa shape index (κ3) is 4.77. The van der Waals surface area contributed by atoms with E-state index in [9.17, 15) is 9.59 Å². The molecule has 0 saturated carbocycles. The van der Waals surface area contributed by atoms with Crippen LogP contribution in [0, 0.1) is 0 Å². The molecule has 1 aliphatic heterocycles. The number of para-hydroxylation sites is 1. The first-order valence-electron chi connectivity index (χ1n) is 7.43. The zero-order chi connectivity index (χ0) is 15.1. The smallest absolute Gasteiger partial charge is 0.258 e. The average molecular weight is 290 g/mol. The van der Waals surface area contributed by atoms with Gasteiger partial charge in [-0.3, -0.25) is 9.59 Å². The summed E-state index contributed by atoms with van der Waals surface area (Å²) in [5.74, 6) is 0.349. The van der Waals surface area contributed by atoms with Crippen molar-refractivity contribution < 1.29 is 14.3 Å². The Bertz CT molecular complexity index is 470. The molecule has 0 spiro atoms. The van der Waals surface area contributed by atoms with Gasteiger partial charge in [0, 0.05) is 13.1 Å². The minimum atomic E-state index is -0.505. The number of benzene rings is 1. The van der Waals surface area contributed by atoms with Crippen LogP contribution in [0.25, 0.3) is 0 Å². The summed E-state index contributed by atoms with van der Waals surface area (Å²) in [6.45, 7) is 3.22. The lowest BCUT2D eigenvalue weighted by Crippen LogP contribution is -2.49. The lowest BCUT2D eigenvalue weighted by molar-refractivity contribution is -0.137. The highest BCUT2D eigenvalue weighted by atomic mass is 16.5. The van der Waals surface area contributed by atoms with Gasteiger partial charge in [-0.2, -0.15) is 0 Å². The second-order valence-electron chi connectivity index (χ2n) is 5.28. The molecule has 0 bridgehead atoms. The Morgan fingerprint density at radius 2 is 1.86 bits per heavy atom. The van der Waals surface area contributed by atoms with Crippen molar-refractivity contribution in [2.24, 2.45) is 0 Å². The van der Waals surface area contributed by atoms with Crippen LogP contribution in [0.3, 0.4) is 0 Å². The zero-order valence-electron chi connectivity index (χ0n) is 12.4. The molecule has 114 valence electrons. The van der Waals surface area contributed by atoms with Crippen molar-refractivity contribution in [1.29, 1.82) is 0 Å². The number of amides is 2. The fraction of sp³-hybridized carbons (Fsp3) is 0.500. The van der Waals surface area contributed by atoms with Gasteiger partial charge in [0.05, 0.1) is 0 Å². The molecule has 1 unspecified atom stereocenters. The minimum Gasteiger partial charge on any atom is -0.484 e. The molecule has 2 rings (SSSR count). The summed E-state index contributed by atoms with van der Waals surface area (Å²) in [6, 6.07) is 8.64. The van der Waals surface area contributed by atoms with Gasteiger partial charge in [-0.25, -0.2) is 0 Å². The molecule has 5 heteroatoms. The highest BCUT2D eigenvalue weighted by molar-refractivity contribution is 5.87. The maximum absolute atomic E-state index is 12.2. The van der Waals surface area contributed by atoms with Crippen molar-refractivity contribution in [3.8, 4) is 5.75 Å². The summed E-state index contributed by atoms with van der Waals surface area (Å²) in [4.78, 5) is 25.8. The predicted molar refractivity (Wildman–Crippen MR) is 80.0 cm³/mol. The third-order valence-corrected chi connectivity index (χ3v) is 3.53. The van der Waals surface area contributed by atoms with Crippen LogP contribution in [0.1, 0.15) is 26.2 Å². The summed E-state index contributed by atoms with van der Waals surface area (Å²) < 4.78 is 5.36. The first-order chi connectivity index (χ1) is 10.2. The van der Waals surface area contributed by atoms with Crippen molar-refractivity contribution in [2.45, 2.75) is 32.2 Å². The van der Waals surface area contributed by atoms with Gasteiger partial charge in [0.2, 0.25) is 5.91 Å². The third-order valence-electron chi connectivity index (χ3n) is 3.53. The number of ether oxygens (including phenoxy) is 1. The summed E-state index contributed by atoms with van der Waals surface area (Å²) in [6.07, 6.45) is 3.27. The van der Waals surface area contributed by atoms with Crippen LogP contribution in [0.2, 0.25) is 0 Å². The molecule has 1 atom stereocenters. The van der Waals surface area contributed by atoms with Gasteiger partial charge in [-0.1, -0.05) is 18.2 Å². The predicted octanol–water partition coefficient (Wildman–Crippen LogP) is 1.58. The molecular weight excluding hydrogens is 268 g/mol. The van der Waals surface area contributed by atoms with Crippen molar-refractivity contribution in [1.82, 2.24) is 10.2 Å². The zero-order valence-corrected chi connectivity index (χ0v) is 12.4. The Morgan fingerprint density at radius 3 is 2.52 bits per heavy atom. The van der Waals surface area contributed by atoms with E-state index in [2.05, 4.69) is 5.32 Å². The maximum atomic E-state index is 12.2. The van der Waals surface area contributed by atoms with Gasteiger partial charge >= 0.3 is 0 Å². The number of rotatable bonds is 5. The molecule has 1 aromatic carbocycles. The summed E-state index contributed by atoms with van der Waals surface area (Å²) in [7, 11) is 0.